The summed E-state index contributed by atoms with van der Waals surface area (Å²) in [7, 11) is 3.33. The highest BCUT2D eigenvalue weighted by molar-refractivity contribution is 5.63. The fraction of sp³-hybridized carbons (Fsp3) is 0.190. The molecule has 4 aromatic rings. The SMILES string of the molecule is COc1ccc(CCc2nc3nccc(-c4cccc(OC)c4)n3n2)cc1. The molecule has 2 heterocycles. The third-order valence-corrected chi connectivity index (χ3v) is 4.45. The van der Waals surface area contributed by atoms with E-state index in [0.717, 1.165) is 41.4 Å². The van der Waals surface area contributed by atoms with Gasteiger partial charge in [0.25, 0.3) is 5.78 Å². The Morgan fingerprint density at radius 3 is 2.48 bits per heavy atom. The lowest BCUT2D eigenvalue weighted by atomic mass is 10.1. The van der Waals surface area contributed by atoms with E-state index in [-0.39, 0.29) is 0 Å². The first-order valence-electron chi connectivity index (χ1n) is 8.75. The first-order chi connectivity index (χ1) is 13.3. The number of aryl methyl sites for hydroxylation is 2. The molecule has 0 saturated carbocycles. The first kappa shape index (κ1) is 17.0. The van der Waals surface area contributed by atoms with Gasteiger partial charge in [-0.2, -0.15) is 9.50 Å². The fourth-order valence-corrected chi connectivity index (χ4v) is 2.99. The summed E-state index contributed by atoms with van der Waals surface area (Å²) in [6.45, 7) is 0. The standard InChI is InChI=1S/C21H20N4O2/c1-26-17-9-6-15(7-10-17)8-11-20-23-21-22-13-12-19(25(21)24-20)16-4-3-5-18(14-16)27-2/h3-7,9-10,12-14H,8,11H2,1-2H3. The van der Waals surface area contributed by atoms with Crippen molar-refractivity contribution < 1.29 is 9.47 Å². The first-order valence-corrected chi connectivity index (χ1v) is 8.75. The number of rotatable bonds is 6. The molecule has 0 unspecified atom stereocenters. The van der Waals surface area contributed by atoms with Crippen molar-refractivity contribution in [3.8, 4) is 22.8 Å². The molecule has 27 heavy (non-hydrogen) atoms. The number of ether oxygens (including phenoxy) is 2. The number of fused-ring (bicyclic) bond motifs is 1. The lowest BCUT2D eigenvalue weighted by Crippen LogP contribution is -1.97. The average Bonchev–Trinajstić information content (AvgIpc) is 3.16. The summed E-state index contributed by atoms with van der Waals surface area (Å²) in [5.41, 5.74) is 3.16. The van der Waals surface area contributed by atoms with Crippen LogP contribution in [0, 0.1) is 0 Å². The second-order valence-corrected chi connectivity index (χ2v) is 6.15. The van der Waals surface area contributed by atoms with Crippen LogP contribution in [0.3, 0.4) is 0 Å². The topological polar surface area (TPSA) is 61.5 Å². The molecule has 0 aliphatic rings. The number of nitrogens with zero attached hydrogens (tertiary/aromatic N) is 4. The molecular weight excluding hydrogens is 340 g/mol. The largest absolute Gasteiger partial charge is 0.497 e. The van der Waals surface area contributed by atoms with Gasteiger partial charge in [0.05, 0.1) is 19.9 Å². The van der Waals surface area contributed by atoms with Crippen LogP contribution in [0.1, 0.15) is 11.4 Å². The van der Waals surface area contributed by atoms with Crippen molar-refractivity contribution in [3.63, 3.8) is 0 Å². The molecule has 0 N–H and O–H groups in total. The van der Waals surface area contributed by atoms with Crippen LogP contribution >= 0.6 is 0 Å². The Kier molecular flexibility index (Phi) is 4.70. The summed E-state index contributed by atoms with van der Waals surface area (Å²) in [6, 6.07) is 17.9. The van der Waals surface area contributed by atoms with Crippen molar-refractivity contribution in [1.82, 2.24) is 19.6 Å². The van der Waals surface area contributed by atoms with Gasteiger partial charge >= 0.3 is 0 Å². The summed E-state index contributed by atoms with van der Waals surface area (Å²) in [5, 5.41) is 4.67. The zero-order valence-electron chi connectivity index (χ0n) is 15.3. The van der Waals surface area contributed by atoms with Crippen LogP contribution in [0.2, 0.25) is 0 Å². The molecule has 6 nitrogen and oxygen atoms in total. The van der Waals surface area contributed by atoms with E-state index in [1.165, 1.54) is 5.56 Å². The molecule has 2 aromatic heterocycles. The van der Waals surface area contributed by atoms with E-state index in [1.54, 1.807) is 24.9 Å². The summed E-state index contributed by atoms with van der Waals surface area (Å²) < 4.78 is 12.3. The molecule has 0 saturated heterocycles. The maximum Gasteiger partial charge on any atom is 0.252 e. The van der Waals surface area contributed by atoms with Gasteiger partial charge in [-0.25, -0.2) is 4.98 Å². The van der Waals surface area contributed by atoms with Crippen molar-refractivity contribution in [2.45, 2.75) is 12.8 Å². The van der Waals surface area contributed by atoms with Crippen LogP contribution in [-0.4, -0.2) is 33.8 Å². The van der Waals surface area contributed by atoms with E-state index < -0.39 is 0 Å². The van der Waals surface area contributed by atoms with Gasteiger partial charge < -0.3 is 9.47 Å². The molecule has 2 aromatic carbocycles. The second-order valence-electron chi connectivity index (χ2n) is 6.15. The minimum absolute atomic E-state index is 0.597. The number of benzene rings is 2. The minimum atomic E-state index is 0.597. The van der Waals surface area contributed by atoms with E-state index in [2.05, 4.69) is 27.2 Å². The summed E-state index contributed by atoms with van der Waals surface area (Å²) in [6.07, 6.45) is 3.36. The lowest BCUT2D eigenvalue weighted by Gasteiger charge is -2.05. The van der Waals surface area contributed by atoms with E-state index >= 15 is 0 Å². The molecular formula is C21H20N4O2. The smallest absolute Gasteiger partial charge is 0.252 e. The molecule has 0 spiro atoms. The van der Waals surface area contributed by atoms with Crippen molar-refractivity contribution >= 4 is 5.78 Å². The molecule has 0 aliphatic heterocycles. The van der Waals surface area contributed by atoms with Gasteiger partial charge in [-0.1, -0.05) is 24.3 Å². The Balaban J connectivity index is 1.60. The van der Waals surface area contributed by atoms with E-state index in [9.17, 15) is 0 Å². The third-order valence-electron chi connectivity index (χ3n) is 4.45. The van der Waals surface area contributed by atoms with Crippen LogP contribution in [0.15, 0.2) is 60.8 Å². The molecule has 136 valence electrons. The van der Waals surface area contributed by atoms with Crippen LogP contribution < -0.4 is 9.47 Å². The van der Waals surface area contributed by atoms with Crippen molar-refractivity contribution in [2.75, 3.05) is 14.2 Å². The van der Waals surface area contributed by atoms with Crippen molar-refractivity contribution in [3.05, 3.63) is 72.2 Å². The summed E-state index contributed by atoms with van der Waals surface area (Å²) in [5.74, 6) is 3.03. The molecule has 0 aliphatic carbocycles. The van der Waals surface area contributed by atoms with Crippen molar-refractivity contribution in [2.24, 2.45) is 0 Å². The minimum Gasteiger partial charge on any atom is -0.497 e. The fourth-order valence-electron chi connectivity index (χ4n) is 2.99. The maximum atomic E-state index is 5.33. The van der Waals surface area contributed by atoms with Gasteiger partial charge in [0, 0.05) is 18.2 Å². The second kappa shape index (κ2) is 7.45. The van der Waals surface area contributed by atoms with Crippen LogP contribution in [0.25, 0.3) is 17.0 Å². The monoisotopic (exact) mass is 360 g/mol. The maximum absolute atomic E-state index is 5.33. The number of hydrogen-bond acceptors (Lipinski definition) is 5. The molecule has 0 radical (unpaired) electrons. The zero-order chi connectivity index (χ0) is 18.6. The Morgan fingerprint density at radius 2 is 1.70 bits per heavy atom. The van der Waals surface area contributed by atoms with Crippen LogP contribution in [-0.2, 0) is 12.8 Å². The van der Waals surface area contributed by atoms with E-state index in [1.807, 2.05) is 42.5 Å². The Labute approximate surface area is 157 Å². The average molecular weight is 360 g/mol. The Hall–Kier alpha value is -3.41. The van der Waals surface area contributed by atoms with Gasteiger partial charge in [0.2, 0.25) is 0 Å². The predicted octanol–water partition coefficient (Wildman–Crippen LogP) is 3.59. The predicted molar refractivity (Wildman–Crippen MR) is 103 cm³/mol. The molecule has 0 atom stereocenters. The van der Waals surface area contributed by atoms with E-state index in [4.69, 9.17) is 9.47 Å². The zero-order valence-corrected chi connectivity index (χ0v) is 15.3. The molecule has 0 bridgehead atoms. The number of methoxy groups -OCH3 is 2. The normalized spacial score (nSPS) is 10.9. The van der Waals surface area contributed by atoms with Gasteiger partial charge in [0.1, 0.15) is 11.5 Å². The number of hydrogen-bond donors (Lipinski definition) is 0. The van der Waals surface area contributed by atoms with Gasteiger partial charge in [-0.3, -0.25) is 0 Å². The van der Waals surface area contributed by atoms with Gasteiger partial charge in [-0.15, -0.1) is 5.10 Å². The van der Waals surface area contributed by atoms with Gasteiger partial charge in [0.15, 0.2) is 5.82 Å². The molecule has 0 amide bonds. The Bertz CT molecular complexity index is 1060. The molecule has 6 heteroatoms. The highest BCUT2D eigenvalue weighted by Crippen LogP contribution is 2.23. The van der Waals surface area contributed by atoms with Gasteiger partial charge in [-0.05, 0) is 42.3 Å². The van der Waals surface area contributed by atoms with E-state index in [0.29, 0.717) is 5.78 Å². The summed E-state index contributed by atoms with van der Waals surface area (Å²) in [4.78, 5) is 8.92. The molecule has 4 rings (SSSR count). The lowest BCUT2D eigenvalue weighted by molar-refractivity contribution is 0.414. The number of aromatic nitrogens is 4. The van der Waals surface area contributed by atoms with Crippen LogP contribution in [0.4, 0.5) is 0 Å². The summed E-state index contributed by atoms with van der Waals surface area (Å²) >= 11 is 0. The highest BCUT2D eigenvalue weighted by Gasteiger charge is 2.11. The highest BCUT2D eigenvalue weighted by atomic mass is 16.5. The molecule has 0 fully saturated rings. The quantitative estimate of drug-likeness (QED) is 0.526. The van der Waals surface area contributed by atoms with Crippen molar-refractivity contribution in [1.29, 1.82) is 0 Å². The Morgan fingerprint density at radius 1 is 0.889 bits per heavy atom. The van der Waals surface area contributed by atoms with Crippen LogP contribution in [0.5, 0.6) is 11.5 Å². The third kappa shape index (κ3) is 3.60.